The molecule has 1 nitrogen and oxygen atoms in total. The molecule has 3 aromatic rings. The summed E-state index contributed by atoms with van der Waals surface area (Å²) in [4.78, 5) is 0. The molecule has 0 aliphatic carbocycles. The molecule has 3 aromatic carbocycles. The molecule has 0 unspecified atom stereocenters. The van der Waals surface area contributed by atoms with Crippen molar-refractivity contribution in [3.8, 4) is 11.5 Å². The molecule has 0 saturated carbocycles. The Kier molecular flexibility index (Phi) is 6.16. The van der Waals surface area contributed by atoms with Crippen LogP contribution in [0.5, 0.6) is 11.5 Å². The summed E-state index contributed by atoms with van der Waals surface area (Å²) in [6, 6.07) is 24.0. The average Bonchev–Trinajstić information content (AvgIpc) is 2.68. The van der Waals surface area contributed by atoms with Gasteiger partial charge in [0.25, 0.3) is 0 Å². The Bertz CT molecular complexity index is 840. The lowest BCUT2D eigenvalue weighted by Crippen LogP contribution is -1.91. The summed E-state index contributed by atoms with van der Waals surface area (Å²) in [5, 5.41) is 0. The van der Waals surface area contributed by atoms with E-state index in [-0.39, 0.29) is 0 Å². The van der Waals surface area contributed by atoms with Gasteiger partial charge in [0, 0.05) is 11.4 Å². The maximum Gasteiger partial charge on any atom is 0.132 e. The van der Waals surface area contributed by atoms with Crippen LogP contribution < -0.4 is 4.74 Å². The fourth-order valence-electron chi connectivity index (χ4n) is 2.42. The molecule has 0 aliphatic rings. The topological polar surface area (TPSA) is 9.23 Å². The number of rotatable bonds is 6. The summed E-state index contributed by atoms with van der Waals surface area (Å²) >= 11 is 11.9. The Morgan fingerprint density at radius 3 is 2.04 bits per heavy atom. The Balaban J connectivity index is 1.74. The number of benzene rings is 3. The highest BCUT2D eigenvalue weighted by atomic mass is 35.5. The Hall–Kier alpha value is -2.22. The van der Waals surface area contributed by atoms with E-state index < -0.39 is 0 Å². The quantitative estimate of drug-likeness (QED) is 0.332. The predicted molar refractivity (Wildman–Crippen MR) is 107 cm³/mol. The van der Waals surface area contributed by atoms with Gasteiger partial charge in [-0.15, -0.1) is 23.2 Å². The highest BCUT2D eigenvalue weighted by Gasteiger charge is 2.06. The van der Waals surface area contributed by atoms with Crippen LogP contribution in [-0.2, 0) is 11.8 Å². The summed E-state index contributed by atoms with van der Waals surface area (Å²) in [5.41, 5.74) is 4.24. The van der Waals surface area contributed by atoms with E-state index in [0.29, 0.717) is 11.8 Å². The van der Waals surface area contributed by atoms with Gasteiger partial charge < -0.3 is 4.74 Å². The Labute approximate surface area is 158 Å². The molecular weight excluding hydrogens is 351 g/mol. The second-order valence-corrected chi connectivity index (χ2v) is 6.16. The monoisotopic (exact) mass is 368 g/mol. The normalized spacial score (nSPS) is 11.0. The predicted octanol–water partition coefficient (Wildman–Crippen LogP) is 7.13. The summed E-state index contributed by atoms with van der Waals surface area (Å²) in [6.07, 6.45) is 4.17. The number of hydrogen-bond donors (Lipinski definition) is 0. The standard InChI is InChI=1S/C22H18Cl2O/c23-15-19-8-11-20(16-24)22(14-19)25-21-12-9-18(10-13-21)7-6-17-4-2-1-3-5-17/h1-14H,15-16H2. The van der Waals surface area contributed by atoms with Crippen LogP contribution in [0.2, 0.25) is 0 Å². The van der Waals surface area contributed by atoms with Gasteiger partial charge in [-0.05, 0) is 34.9 Å². The van der Waals surface area contributed by atoms with Crippen LogP contribution in [0.25, 0.3) is 12.2 Å². The lowest BCUT2D eigenvalue weighted by Gasteiger charge is -2.11. The second kappa shape index (κ2) is 8.75. The van der Waals surface area contributed by atoms with Crippen LogP contribution >= 0.6 is 23.2 Å². The highest BCUT2D eigenvalue weighted by Crippen LogP contribution is 2.29. The van der Waals surface area contributed by atoms with E-state index in [2.05, 4.69) is 24.3 Å². The van der Waals surface area contributed by atoms with Crippen molar-refractivity contribution in [2.45, 2.75) is 11.8 Å². The first kappa shape index (κ1) is 17.6. The van der Waals surface area contributed by atoms with E-state index in [1.165, 1.54) is 5.56 Å². The van der Waals surface area contributed by atoms with E-state index in [4.69, 9.17) is 27.9 Å². The van der Waals surface area contributed by atoms with Crippen LogP contribution in [0.15, 0.2) is 72.8 Å². The van der Waals surface area contributed by atoms with Crippen LogP contribution in [0.3, 0.4) is 0 Å². The molecule has 0 spiro atoms. The first-order chi connectivity index (χ1) is 12.3. The van der Waals surface area contributed by atoms with Crippen LogP contribution in [-0.4, -0.2) is 0 Å². The zero-order valence-corrected chi connectivity index (χ0v) is 15.2. The maximum absolute atomic E-state index is 6.00. The zero-order chi connectivity index (χ0) is 17.5. The highest BCUT2D eigenvalue weighted by molar-refractivity contribution is 6.17. The minimum Gasteiger partial charge on any atom is -0.457 e. The molecule has 0 amide bonds. The molecule has 25 heavy (non-hydrogen) atoms. The van der Waals surface area contributed by atoms with E-state index in [1.54, 1.807) is 0 Å². The molecule has 0 saturated heterocycles. The lowest BCUT2D eigenvalue weighted by atomic mass is 10.1. The smallest absolute Gasteiger partial charge is 0.132 e. The largest absolute Gasteiger partial charge is 0.457 e. The van der Waals surface area contributed by atoms with Crippen LogP contribution in [0.1, 0.15) is 22.3 Å². The lowest BCUT2D eigenvalue weighted by molar-refractivity contribution is 0.478. The van der Waals surface area contributed by atoms with Crippen molar-refractivity contribution in [1.29, 1.82) is 0 Å². The molecule has 0 N–H and O–H groups in total. The van der Waals surface area contributed by atoms with Gasteiger partial charge in [0.15, 0.2) is 0 Å². The molecule has 0 bridgehead atoms. The minimum absolute atomic E-state index is 0.399. The van der Waals surface area contributed by atoms with Crippen molar-refractivity contribution < 1.29 is 4.74 Å². The van der Waals surface area contributed by atoms with Gasteiger partial charge in [-0.3, -0.25) is 0 Å². The van der Waals surface area contributed by atoms with Crippen molar-refractivity contribution in [3.05, 3.63) is 95.1 Å². The molecule has 3 rings (SSSR count). The third kappa shape index (κ3) is 4.88. The first-order valence-corrected chi connectivity index (χ1v) is 9.10. The third-order valence-corrected chi connectivity index (χ3v) is 4.40. The van der Waals surface area contributed by atoms with Crippen molar-refractivity contribution in [2.24, 2.45) is 0 Å². The molecule has 0 aromatic heterocycles. The Morgan fingerprint density at radius 1 is 0.720 bits per heavy atom. The van der Waals surface area contributed by atoms with E-state index in [1.807, 2.05) is 60.7 Å². The number of hydrogen-bond acceptors (Lipinski definition) is 1. The Morgan fingerprint density at radius 2 is 1.40 bits per heavy atom. The SMILES string of the molecule is ClCc1ccc(CCl)c(Oc2ccc(C=Cc3ccccc3)cc2)c1. The molecular formula is C22H18Cl2O. The van der Waals surface area contributed by atoms with Crippen molar-refractivity contribution in [2.75, 3.05) is 0 Å². The van der Waals surface area contributed by atoms with Crippen molar-refractivity contribution in [3.63, 3.8) is 0 Å². The van der Waals surface area contributed by atoms with E-state index in [9.17, 15) is 0 Å². The summed E-state index contributed by atoms with van der Waals surface area (Å²) in [5.74, 6) is 2.37. The first-order valence-electron chi connectivity index (χ1n) is 8.03. The molecule has 126 valence electrons. The average molecular weight is 369 g/mol. The van der Waals surface area contributed by atoms with Gasteiger partial charge in [0.05, 0.1) is 5.88 Å². The van der Waals surface area contributed by atoms with Gasteiger partial charge in [-0.1, -0.05) is 66.7 Å². The third-order valence-electron chi connectivity index (χ3n) is 3.81. The van der Waals surface area contributed by atoms with Crippen molar-refractivity contribution >= 4 is 35.4 Å². The molecule has 0 aliphatic heterocycles. The summed E-state index contributed by atoms with van der Waals surface area (Å²) < 4.78 is 5.99. The van der Waals surface area contributed by atoms with Crippen molar-refractivity contribution in [1.82, 2.24) is 0 Å². The fourth-order valence-corrected chi connectivity index (χ4v) is 2.81. The maximum atomic E-state index is 6.00. The summed E-state index contributed by atoms with van der Waals surface area (Å²) in [6.45, 7) is 0. The van der Waals surface area contributed by atoms with Crippen LogP contribution in [0.4, 0.5) is 0 Å². The van der Waals surface area contributed by atoms with E-state index in [0.717, 1.165) is 28.2 Å². The van der Waals surface area contributed by atoms with E-state index >= 15 is 0 Å². The molecule has 0 radical (unpaired) electrons. The number of halogens is 2. The summed E-state index contributed by atoms with van der Waals surface area (Å²) in [7, 11) is 0. The van der Waals surface area contributed by atoms with Crippen LogP contribution in [0, 0.1) is 0 Å². The van der Waals surface area contributed by atoms with Gasteiger partial charge in [-0.25, -0.2) is 0 Å². The second-order valence-electron chi connectivity index (χ2n) is 5.62. The minimum atomic E-state index is 0.399. The fraction of sp³-hybridized carbons (Fsp3) is 0.0909. The zero-order valence-electron chi connectivity index (χ0n) is 13.7. The van der Waals surface area contributed by atoms with Gasteiger partial charge in [-0.2, -0.15) is 0 Å². The molecule has 0 atom stereocenters. The number of ether oxygens (including phenoxy) is 1. The molecule has 0 heterocycles. The van der Waals surface area contributed by atoms with Gasteiger partial charge >= 0.3 is 0 Å². The van der Waals surface area contributed by atoms with Gasteiger partial charge in [0.1, 0.15) is 11.5 Å². The molecule has 3 heteroatoms. The number of alkyl halides is 2. The van der Waals surface area contributed by atoms with Gasteiger partial charge in [0.2, 0.25) is 0 Å². The molecule has 0 fully saturated rings.